The Balaban J connectivity index is 1.81. The third kappa shape index (κ3) is 7.94. The number of carbonyl (C=O) groups excluding carboxylic acids is 2. The summed E-state index contributed by atoms with van der Waals surface area (Å²) in [5.41, 5.74) is 0.982. The van der Waals surface area contributed by atoms with Crippen molar-refractivity contribution in [1.29, 1.82) is 0 Å². The minimum atomic E-state index is -4.78. The lowest BCUT2D eigenvalue weighted by Gasteiger charge is -2.25. The zero-order valence-corrected chi connectivity index (χ0v) is 21.8. The molecule has 1 amide bonds. The standard InChI is InChI=1S/C25H21ClF3N3O6S/c1-37-24(34)16-38-19-10-7-17(8-11-19)14-30-31-23(33)15-32(39(35,36)20-5-3-2-4-6-20)22-13-18(25(27,28)29)9-12-21(22)26/h2-14H,15-16H2,1H3,(H,31,33)/b30-14+. The number of esters is 1. The summed E-state index contributed by atoms with van der Waals surface area (Å²) in [7, 11) is -3.28. The number of hydrogen-bond acceptors (Lipinski definition) is 7. The van der Waals surface area contributed by atoms with Crippen molar-refractivity contribution in [3.05, 3.63) is 88.9 Å². The van der Waals surface area contributed by atoms with E-state index >= 15 is 0 Å². The van der Waals surface area contributed by atoms with Crippen molar-refractivity contribution < 1.29 is 40.7 Å². The van der Waals surface area contributed by atoms with Gasteiger partial charge in [0, 0.05) is 0 Å². The molecule has 0 aliphatic rings. The van der Waals surface area contributed by atoms with Gasteiger partial charge in [-0.2, -0.15) is 18.3 Å². The predicted molar refractivity (Wildman–Crippen MR) is 137 cm³/mol. The first-order valence-corrected chi connectivity index (χ1v) is 12.8. The molecule has 0 atom stereocenters. The van der Waals surface area contributed by atoms with E-state index in [1.807, 2.05) is 0 Å². The van der Waals surface area contributed by atoms with Crippen LogP contribution in [-0.2, 0) is 30.5 Å². The SMILES string of the molecule is COC(=O)COc1ccc(/C=N/NC(=O)CN(c2cc(C(F)(F)F)ccc2Cl)S(=O)(=O)c2ccccc2)cc1. The van der Waals surface area contributed by atoms with Crippen molar-refractivity contribution in [2.45, 2.75) is 11.1 Å². The number of carbonyl (C=O) groups is 2. The van der Waals surface area contributed by atoms with Gasteiger partial charge in [0.25, 0.3) is 15.9 Å². The first kappa shape index (κ1) is 29.5. The van der Waals surface area contributed by atoms with Crippen molar-refractivity contribution in [2.75, 3.05) is 24.6 Å². The highest BCUT2D eigenvalue weighted by molar-refractivity contribution is 7.92. The number of rotatable bonds is 10. The summed E-state index contributed by atoms with van der Waals surface area (Å²) in [5, 5.41) is 3.45. The molecule has 3 aromatic rings. The monoisotopic (exact) mass is 583 g/mol. The Bertz CT molecular complexity index is 1450. The predicted octanol–water partition coefficient (Wildman–Crippen LogP) is 4.26. The van der Waals surface area contributed by atoms with Crippen LogP contribution >= 0.6 is 11.6 Å². The number of hydrogen-bond donors (Lipinski definition) is 1. The van der Waals surface area contributed by atoms with Crippen molar-refractivity contribution in [3.63, 3.8) is 0 Å². The van der Waals surface area contributed by atoms with Crippen molar-refractivity contribution in [2.24, 2.45) is 5.10 Å². The fourth-order valence-corrected chi connectivity index (χ4v) is 4.82. The normalized spacial score (nSPS) is 11.7. The quantitative estimate of drug-likeness (QED) is 0.217. The maximum absolute atomic E-state index is 13.4. The highest BCUT2D eigenvalue weighted by atomic mass is 35.5. The Kier molecular flexibility index (Phi) is 9.54. The second-order valence-corrected chi connectivity index (χ2v) is 9.99. The fraction of sp³-hybridized carbons (Fsp3) is 0.160. The molecule has 39 heavy (non-hydrogen) atoms. The number of nitrogens with one attached hydrogen (secondary N) is 1. The van der Waals surface area contributed by atoms with Gasteiger partial charge in [-0.05, 0) is 60.2 Å². The van der Waals surface area contributed by atoms with E-state index in [0.717, 1.165) is 6.07 Å². The first-order chi connectivity index (χ1) is 18.4. The number of alkyl halides is 3. The van der Waals surface area contributed by atoms with Crippen molar-refractivity contribution in [3.8, 4) is 5.75 Å². The average molecular weight is 584 g/mol. The summed E-state index contributed by atoms with van der Waals surface area (Å²) < 4.78 is 76.9. The molecule has 0 spiro atoms. The van der Waals surface area contributed by atoms with Crippen LogP contribution in [-0.4, -0.2) is 46.8 Å². The zero-order chi connectivity index (χ0) is 28.6. The van der Waals surface area contributed by atoms with Crippen LogP contribution in [0.5, 0.6) is 5.75 Å². The molecular weight excluding hydrogens is 563 g/mol. The lowest BCUT2D eigenvalue weighted by molar-refractivity contribution is -0.143. The lowest BCUT2D eigenvalue weighted by Crippen LogP contribution is -2.40. The maximum atomic E-state index is 13.4. The molecule has 0 aromatic heterocycles. The highest BCUT2D eigenvalue weighted by Crippen LogP contribution is 2.37. The van der Waals surface area contributed by atoms with Crippen molar-refractivity contribution in [1.82, 2.24) is 5.43 Å². The Morgan fingerprint density at radius 1 is 1.05 bits per heavy atom. The fourth-order valence-electron chi connectivity index (χ4n) is 3.10. The molecule has 0 heterocycles. The van der Waals surface area contributed by atoms with E-state index in [9.17, 15) is 31.2 Å². The van der Waals surface area contributed by atoms with Gasteiger partial charge < -0.3 is 9.47 Å². The van der Waals surface area contributed by atoms with Crippen LogP contribution in [0.3, 0.4) is 0 Å². The van der Waals surface area contributed by atoms with Crippen LogP contribution < -0.4 is 14.5 Å². The van der Waals surface area contributed by atoms with Crippen LogP contribution in [0, 0.1) is 0 Å². The minimum absolute atomic E-state index is 0.260. The van der Waals surface area contributed by atoms with E-state index in [1.165, 1.54) is 49.7 Å². The lowest BCUT2D eigenvalue weighted by atomic mass is 10.2. The second kappa shape index (κ2) is 12.6. The van der Waals surface area contributed by atoms with Crippen LogP contribution in [0.25, 0.3) is 0 Å². The molecule has 1 N–H and O–H groups in total. The second-order valence-electron chi connectivity index (χ2n) is 7.72. The number of nitrogens with zero attached hydrogens (tertiary/aromatic N) is 2. The summed E-state index contributed by atoms with van der Waals surface area (Å²) >= 11 is 6.09. The van der Waals surface area contributed by atoms with Crippen LogP contribution in [0.1, 0.15) is 11.1 Å². The Morgan fingerprint density at radius 2 is 1.72 bits per heavy atom. The van der Waals surface area contributed by atoms with E-state index in [0.29, 0.717) is 27.8 Å². The number of methoxy groups -OCH3 is 1. The third-order valence-corrected chi connectivity index (χ3v) is 7.12. The van der Waals surface area contributed by atoms with Crippen LogP contribution in [0.4, 0.5) is 18.9 Å². The number of ether oxygens (including phenoxy) is 2. The van der Waals surface area contributed by atoms with Gasteiger partial charge in [0.1, 0.15) is 12.3 Å². The molecule has 3 aromatic carbocycles. The summed E-state index contributed by atoms with van der Waals surface area (Å²) in [6.45, 7) is -1.20. The van der Waals surface area contributed by atoms with E-state index in [-0.39, 0.29) is 16.5 Å². The first-order valence-electron chi connectivity index (χ1n) is 11.0. The molecule has 0 radical (unpaired) electrons. The van der Waals surface area contributed by atoms with Crippen LogP contribution in [0.15, 0.2) is 82.8 Å². The molecule has 0 unspecified atom stereocenters. The number of sulfonamides is 1. The number of halogens is 4. The van der Waals surface area contributed by atoms with Gasteiger partial charge in [0.15, 0.2) is 6.61 Å². The van der Waals surface area contributed by atoms with E-state index < -0.39 is 45.9 Å². The summed E-state index contributed by atoms with van der Waals surface area (Å²) in [4.78, 5) is 23.5. The molecule has 0 aliphatic heterocycles. The smallest absolute Gasteiger partial charge is 0.416 e. The van der Waals surface area contributed by atoms with Gasteiger partial charge in [-0.3, -0.25) is 9.10 Å². The van der Waals surface area contributed by atoms with Crippen molar-refractivity contribution >= 4 is 45.4 Å². The number of amides is 1. The molecule has 0 saturated carbocycles. The highest BCUT2D eigenvalue weighted by Gasteiger charge is 2.34. The topological polar surface area (TPSA) is 114 Å². The summed E-state index contributed by atoms with van der Waals surface area (Å²) in [5.74, 6) is -1.13. The van der Waals surface area contributed by atoms with Gasteiger partial charge in [-0.15, -0.1) is 0 Å². The molecule has 0 aliphatic carbocycles. The molecular formula is C25H21ClF3N3O6S. The largest absolute Gasteiger partial charge is 0.482 e. The van der Waals surface area contributed by atoms with E-state index in [2.05, 4.69) is 15.3 Å². The van der Waals surface area contributed by atoms with Gasteiger partial charge >= 0.3 is 12.1 Å². The Hall–Kier alpha value is -4.10. The average Bonchev–Trinajstić information content (AvgIpc) is 2.91. The molecule has 3 rings (SSSR count). The maximum Gasteiger partial charge on any atom is 0.416 e. The van der Waals surface area contributed by atoms with Gasteiger partial charge in [0.05, 0.1) is 34.5 Å². The summed E-state index contributed by atoms with van der Waals surface area (Å²) in [6, 6.07) is 15.3. The third-order valence-electron chi connectivity index (χ3n) is 5.03. The van der Waals surface area contributed by atoms with E-state index in [1.54, 1.807) is 18.2 Å². The molecule has 0 fully saturated rings. The molecule has 14 heteroatoms. The van der Waals surface area contributed by atoms with Gasteiger partial charge in [-0.1, -0.05) is 29.8 Å². The van der Waals surface area contributed by atoms with Crippen LogP contribution in [0.2, 0.25) is 5.02 Å². The Labute approximate surface area is 226 Å². The molecule has 9 nitrogen and oxygen atoms in total. The van der Waals surface area contributed by atoms with E-state index in [4.69, 9.17) is 16.3 Å². The number of benzene rings is 3. The van der Waals surface area contributed by atoms with Gasteiger partial charge in [-0.25, -0.2) is 18.6 Å². The minimum Gasteiger partial charge on any atom is -0.482 e. The zero-order valence-electron chi connectivity index (χ0n) is 20.2. The number of hydrazone groups is 1. The number of anilines is 1. The molecule has 206 valence electrons. The summed E-state index contributed by atoms with van der Waals surface area (Å²) in [6.07, 6.45) is -3.54. The van der Waals surface area contributed by atoms with Gasteiger partial charge in [0.2, 0.25) is 0 Å². The molecule has 0 bridgehead atoms. The Morgan fingerprint density at radius 3 is 2.33 bits per heavy atom. The molecule has 0 saturated heterocycles.